The lowest BCUT2D eigenvalue weighted by Gasteiger charge is -2.37. The number of benzene rings is 1. The van der Waals surface area contributed by atoms with Gasteiger partial charge >= 0.3 is 0 Å². The van der Waals surface area contributed by atoms with E-state index in [9.17, 15) is 4.79 Å². The van der Waals surface area contributed by atoms with Gasteiger partial charge in [0, 0.05) is 44.4 Å². The Kier molecular flexibility index (Phi) is 4.70. The van der Waals surface area contributed by atoms with Gasteiger partial charge in [-0.15, -0.1) is 0 Å². The first-order valence-corrected chi connectivity index (χ1v) is 9.32. The highest BCUT2D eigenvalue weighted by molar-refractivity contribution is 6.31. The lowest BCUT2D eigenvalue weighted by Crippen LogP contribution is -2.45. The predicted molar refractivity (Wildman–Crippen MR) is 105 cm³/mol. The molecule has 8 heteroatoms. The van der Waals surface area contributed by atoms with E-state index in [1.807, 2.05) is 37.2 Å². The van der Waals surface area contributed by atoms with E-state index in [0.717, 1.165) is 42.8 Å². The van der Waals surface area contributed by atoms with Crippen molar-refractivity contribution >= 4 is 34.4 Å². The van der Waals surface area contributed by atoms with Crippen LogP contribution in [-0.2, 0) is 7.05 Å². The highest BCUT2D eigenvalue weighted by Crippen LogP contribution is 2.23. The first-order chi connectivity index (χ1) is 13.0. The van der Waals surface area contributed by atoms with Gasteiger partial charge in [-0.05, 0) is 31.0 Å². The lowest BCUT2D eigenvalue weighted by atomic mass is 10.0. The van der Waals surface area contributed by atoms with Crippen LogP contribution >= 0.6 is 11.6 Å². The monoisotopic (exact) mass is 384 g/mol. The zero-order valence-electron chi connectivity index (χ0n) is 15.3. The van der Waals surface area contributed by atoms with Crippen molar-refractivity contribution in [1.29, 1.82) is 0 Å². The Bertz CT molecular complexity index is 979. The number of carbonyl (C=O) groups excluding carboxylic acids is 1. The number of halogens is 1. The Morgan fingerprint density at radius 1 is 1.22 bits per heavy atom. The molecule has 2 aromatic heterocycles. The van der Waals surface area contributed by atoms with Crippen molar-refractivity contribution in [2.45, 2.75) is 18.9 Å². The fourth-order valence-corrected chi connectivity index (χ4v) is 3.68. The summed E-state index contributed by atoms with van der Waals surface area (Å²) in [6.45, 7) is 1.67. The molecule has 0 spiro atoms. The number of nitrogens with zero attached hydrogens (tertiary/aromatic N) is 6. The second-order valence-electron chi connectivity index (χ2n) is 6.90. The van der Waals surface area contributed by atoms with Gasteiger partial charge in [0.2, 0.25) is 0 Å². The zero-order chi connectivity index (χ0) is 19.0. The molecule has 0 saturated carbocycles. The van der Waals surface area contributed by atoms with E-state index in [4.69, 9.17) is 16.6 Å². The molecule has 0 aliphatic carbocycles. The molecule has 1 aliphatic heterocycles. The van der Waals surface area contributed by atoms with Crippen LogP contribution in [-0.4, -0.2) is 56.7 Å². The summed E-state index contributed by atoms with van der Waals surface area (Å²) in [7, 11) is 3.68. The topological polar surface area (TPSA) is 67.2 Å². The second-order valence-corrected chi connectivity index (χ2v) is 7.33. The number of fused-ring (bicyclic) bond motifs is 1. The van der Waals surface area contributed by atoms with Gasteiger partial charge in [-0.2, -0.15) is 5.10 Å². The fourth-order valence-electron chi connectivity index (χ4n) is 3.51. The van der Waals surface area contributed by atoms with E-state index < -0.39 is 0 Å². The van der Waals surface area contributed by atoms with Crippen molar-refractivity contribution in [2.24, 2.45) is 7.05 Å². The van der Waals surface area contributed by atoms with Crippen molar-refractivity contribution in [3.05, 3.63) is 47.4 Å². The molecule has 1 aromatic carbocycles. The second kappa shape index (κ2) is 7.15. The van der Waals surface area contributed by atoms with Gasteiger partial charge in [0.05, 0.1) is 29.0 Å². The van der Waals surface area contributed by atoms with E-state index in [0.29, 0.717) is 10.6 Å². The third-order valence-corrected chi connectivity index (χ3v) is 5.34. The van der Waals surface area contributed by atoms with Gasteiger partial charge in [0.25, 0.3) is 5.91 Å². The van der Waals surface area contributed by atoms with Gasteiger partial charge in [-0.1, -0.05) is 11.6 Å². The molecule has 1 fully saturated rings. The summed E-state index contributed by atoms with van der Waals surface area (Å²) in [5.74, 6) is 0.883. The number of aromatic nitrogens is 4. The zero-order valence-corrected chi connectivity index (χ0v) is 16.1. The molecule has 140 valence electrons. The van der Waals surface area contributed by atoms with Crippen LogP contribution < -0.4 is 4.90 Å². The van der Waals surface area contributed by atoms with E-state index in [2.05, 4.69) is 15.0 Å². The summed E-state index contributed by atoms with van der Waals surface area (Å²) in [6.07, 6.45) is 6.95. The number of aryl methyl sites for hydroxylation is 1. The Hall–Kier alpha value is -2.67. The first kappa shape index (κ1) is 17.7. The smallest absolute Gasteiger partial charge is 0.257 e. The average Bonchev–Trinajstić information content (AvgIpc) is 3.13. The molecule has 0 bridgehead atoms. The van der Waals surface area contributed by atoms with Gasteiger partial charge < -0.3 is 9.80 Å². The lowest BCUT2D eigenvalue weighted by molar-refractivity contribution is 0.0709. The molecule has 3 heterocycles. The van der Waals surface area contributed by atoms with Gasteiger partial charge in [-0.25, -0.2) is 4.98 Å². The highest BCUT2D eigenvalue weighted by Gasteiger charge is 2.27. The standard InChI is InChI=1S/C19H21ClN6O/c1-24-12-13(10-22-24)19(27)25(2)15-5-7-26(8-6-15)18-11-21-17-9-14(20)3-4-16(17)23-18/h3-4,9-12,15H,5-8H2,1-2H3. The molecule has 0 atom stereocenters. The van der Waals surface area contributed by atoms with Gasteiger partial charge in [-0.3, -0.25) is 14.5 Å². The summed E-state index contributed by atoms with van der Waals surface area (Å²) < 4.78 is 1.65. The number of hydrogen-bond acceptors (Lipinski definition) is 5. The van der Waals surface area contributed by atoms with Crippen LogP contribution in [0, 0.1) is 0 Å². The fraction of sp³-hybridized carbons (Fsp3) is 0.368. The number of rotatable bonds is 3. The molecular weight excluding hydrogens is 364 g/mol. The molecule has 4 rings (SSSR count). The van der Waals surface area contributed by atoms with E-state index >= 15 is 0 Å². The van der Waals surface area contributed by atoms with Crippen LogP contribution in [0.15, 0.2) is 36.8 Å². The Morgan fingerprint density at radius 3 is 2.70 bits per heavy atom. The van der Waals surface area contributed by atoms with Crippen molar-refractivity contribution in [3.8, 4) is 0 Å². The van der Waals surface area contributed by atoms with E-state index in [1.54, 1.807) is 23.3 Å². The van der Waals surface area contributed by atoms with E-state index in [-0.39, 0.29) is 11.9 Å². The number of amides is 1. The van der Waals surface area contributed by atoms with Gasteiger partial charge in [0.15, 0.2) is 0 Å². The van der Waals surface area contributed by atoms with Gasteiger partial charge in [0.1, 0.15) is 5.82 Å². The van der Waals surface area contributed by atoms with Crippen LogP contribution in [0.5, 0.6) is 0 Å². The molecule has 27 heavy (non-hydrogen) atoms. The minimum atomic E-state index is 0.0175. The Labute approximate surface area is 162 Å². The maximum absolute atomic E-state index is 12.6. The van der Waals surface area contributed by atoms with Crippen LogP contribution in [0.3, 0.4) is 0 Å². The molecule has 7 nitrogen and oxygen atoms in total. The molecule has 1 amide bonds. The van der Waals surface area contributed by atoms with Crippen molar-refractivity contribution in [3.63, 3.8) is 0 Å². The Morgan fingerprint density at radius 2 is 2.00 bits per heavy atom. The van der Waals surface area contributed by atoms with E-state index in [1.165, 1.54) is 0 Å². The average molecular weight is 385 g/mol. The third kappa shape index (κ3) is 3.60. The van der Waals surface area contributed by atoms with Crippen LogP contribution in [0.4, 0.5) is 5.82 Å². The number of piperidine rings is 1. The van der Waals surface area contributed by atoms with Crippen LogP contribution in [0.25, 0.3) is 11.0 Å². The summed E-state index contributed by atoms with van der Waals surface area (Å²) >= 11 is 6.01. The minimum absolute atomic E-state index is 0.0175. The summed E-state index contributed by atoms with van der Waals surface area (Å²) in [6, 6.07) is 5.74. The molecule has 3 aromatic rings. The largest absolute Gasteiger partial charge is 0.355 e. The first-order valence-electron chi connectivity index (χ1n) is 8.94. The summed E-state index contributed by atoms with van der Waals surface area (Å²) in [5.41, 5.74) is 2.26. The third-order valence-electron chi connectivity index (χ3n) is 5.10. The normalized spacial score (nSPS) is 15.3. The number of anilines is 1. The SMILES string of the molecule is CN(C(=O)c1cnn(C)c1)C1CCN(c2cnc3cc(Cl)ccc3n2)CC1. The minimum Gasteiger partial charge on any atom is -0.355 e. The molecule has 1 saturated heterocycles. The molecule has 0 unspecified atom stereocenters. The van der Waals surface area contributed by atoms with Crippen molar-refractivity contribution < 1.29 is 4.79 Å². The molecular formula is C19H21ClN6O. The molecule has 0 N–H and O–H groups in total. The molecule has 1 aliphatic rings. The van der Waals surface area contributed by atoms with Crippen molar-refractivity contribution in [2.75, 3.05) is 25.0 Å². The number of carbonyl (C=O) groups is 1. The predicted octanol–water partition coefficient (Wildman–Crippen LogP) is 2.76. The maximum atomic E-state index is 12.6. The summed E-state index contributed by atoms with van der Waals surface area (Å²) in [5, 5.41) is 4.74. The Balaban J connectivity index is 1.42. The summed E-state index contributed by atoms with van der Waals surface area (Å²) in [4.78, 5) is 25.9. The van der Waals surface area contributed by atoms with Crippen LogP contribution in [0.1, 0.15) is 23.2 Å². The van der Waals surface area contributed by atoms with Crippen LogP contribution in [0.2, 0.25) is 5.02 Å². The quantitative estimate of drug-likeness (QED) is 0.694. The molecule has 0 radical (unpaired) electrons. The maximum Gasteiger partial charge on any atom is 0.257 e. The highest BCUT2D eigenvalue weighted by atomic mass is 35.5. The number of hydrogen-bond donors (Lipinski definition) is 0. The van der Waals surface area contributed by atoms with Crippen molar-refractivity contribution in [1.82, 2.24) is 24.6 Å².